The highest BCUT2D eigenvalue weighted by Gasteiger charge is 2.34. The van der Waals surface area contributed by atoms with Crippen molar-refractivity contribution >= 4 is 18.3 Å². The molecule has 2 heterocycles. The molecule has 2 saturated heterocycles. The monoisotopic (exact) mass is 370 g/mol. The first-order valence-corrected chi connectivity index (χ1v) is 8.94. The zero-order chi connectivity index (χ0) is 16.9. The highest BCUT2D eigenvalue weighted by molar-refractivity contribution is 5.85. The molecule has 0 unspecified atom stereocenters. The number of likely N-dealkylation sites (tertiary alicyclic amines) is 1. The van der Waals surface area contributed by atoms with Crippen molar-refractivity contribution in [3.8, 4) is 0 Å². The van der Waals surface area contributed by atoms with Crippen molar-refractivity contribution in [3.05, 3.63) is 35.6 Å². The van der Waals surface area contributed by atoms with E-state index in [-0.39, 0.29) is 42.1 Å². The second-order valence-corrected chi connectivity index (χ2v) is 6.93. The van der Waals surface area contributed by atoms with E-state index in [1.54, 1.807) is 13.2 Å². The Labute approximate surface area is 155 Å². The largest absolute Gasteiger partial charge is 0.379 e. The van der Waals surface area contributed by atoms with Gasteiger partial charge in [-0.1, -0.05) is 18.2 Å². The lowest BCUT2D eigenvalue weighted by Crippen LogP contribution is -2.50. The van der Waals surface area contributed by atoms with Gasteiger partial charge in [0.1, 0.15) is 5.82 Å². The minimum absolute atomic E-state index is 0. The van der Waals surface area contributed by atoms with Gasteiger partial charge >= 0.3 is 0 Å². The molecule has 0 spiro atoms. The second kappa shape index (κ2) is 9.51. The molecule has 2 aliphatic heterocycles. The topological polar surface area (TPSA) is 41.6 Å². The third kappa shape index (κ3) is 4.93. The van der Waals surface area contributed by atoms with E-state index in [2.05, 4.69) is 5.32 Å². The van der Waals surface area contributed by atoms with E-state index in [1.165, 1.54) is 6.07 Å². The molecule has 0 aliphatic carbocycles. The van der Waals surface area contributed by atoms with Crippen LogP contribution in [-0.2, 0) is 16.0 Å². The molecule has 2 atom stereocenters. The van der Waals surface area contributed by atoms with Gasteiger partial charge in [0, 0.05) is 26.1 Å². The number of nitrogens with zero attached hydrogens (tertiary/aromatic N) is 1. The fourth-order valence-electron chi connectivity index (χ4n) is 3.94. The normalized spacial score (nSPS) is 24.6. The van der Waals surface area contributed by atoms with Gasteiger partial charge in [-0.25, -0.2) is 4.39 Å². The lowest BCUT2D eigenvalue weighted by molar-refractivity contribution is -0.141. The molecule has 6 heteroatoms. The van der Waals surface area contributed by atoms with Gasteiger partial charge in [0.25, 0.3) is 0 Å². The number of ether oxygens (including phenoxy) is 1. The van der Waals surface area contributed by atoms with Crippen molar-refractivity contribution in [2.45, 2.75) is 31.8 Å². The maximum Gasteiger partial charge on any atom is 0.225 e. The van der Waals surface area contributed by atoms with E-state index in [9.17, 15) is 9.18 Å². The van der Waals surface area contributed by atoms with E-state index in [0.29, 0.717) is 13.0 Å². The van der Waals surface area contributed by atoms with Gasteiger partial charge in [-0.2, -0.15) is 0 Å². The summed E-state index contributed by atoms with van der Waals surface area (Å²) in [5, 5.41) is 3.30. The van der Waals surface area contributed by atoms with Crippen LogP contribution in [0.15, 0.2) is 24.3 Å². The molecule has 0 radical (unpaired) electrons. The number of piperidine rings is 2. The molecule has 0 aromatic heterocycles. The summed E-state index contributed by atoms with van der Waals surface area (Å²) < 4.78 is 19.6. The highest BCUT2D eigenvalue weighted by atomic mass is 35.5. The molecule has 2 fully saturated rings. The molecule has 2 aliphatic rings. The summed E-state index contributed by atoms with van der Waals surface area (Å²) in [6, 6.07) is 6.93. The Morgan fingerprint density at radius 1 is 1.28 bits per heavy atom. The minimum atomic E-state index is -0.152. The summed E-state index contributed by atoms with van der Waals surface area (Å²) >= 11 is 0. The van der Waals surface area contributed by atoms with Gasteiger partial charge in [0.15, 0.2) is 0 Å². The molecule has 3 rings (SSSR count). The smallest absolute Gasteiger partial charge is 0.225 e. The summed E-state index contributed by atoms with van der Waals surface area (Å²) in [6.07, 6.45) is 3.35. The van der Waals surface area contributed by atoms with Crippen molar-refractivity contribution < 1.29 is 13.9 Å². The zero-order valence-corrected chi connectivity index (χ0v) is 15.6. The van der Waals surface area contributed by atoms with Crippen molar-refractivity contribution in [1.29, 1.82) is 0 Å². The number of methoxy groups -OCH3 is 1. The summed E-state index contributed by atoms with van der Waals surface area (Å²) in [5.41, 5.74) is 0.739. The van der Waals surface area contributed by atoms with E-state index >= 15 is 0 Å². The predicted molar refractivity (Wildman–Crippen MR) is 98.4 cm³/mol. The second-order valence-electron chi connectivity index (χ2n) is 6.93. The van der Waals surface area contributed by atoms with Crippen LogP contribution in [0.4, 0.5) is 4.39 Å². The molecular formula is C19H28ClFN2O2. The number of carbonyl (C=O) groups is 1. The molecule has 0 saturated carbocycles. The van der Waals surface area contributed by atoms with E-state index in [0.717, 1.165) is 44.5 Å². The fourth-order valence-corrected chi connectivity index (χ4v) is 3.94. The minimum Gasteiger partial charge on any atom is -0.379 e. The molecule has 1 aromatic rings. The molecule has 1 N–H and O–H groups in total. The van der Waals surface area contributed by atoms with Crippen LogP contribution in [0.3, 0.4) is 0 Å². The van der Waals surface area contributed by atoms with Gasteiger partial charge < -0.3 is 15.0 Å². The van der Waals surface area contributed by atoms with Crippen LogP contribution in [0, 0.1) is 17.7 Å². The molecule has 1 amide bonds. The number of nitrogens with one attached hydrogen (secondary N) is 1. The van der Waals surface area contributed by atoms with Gasteiger partial charge in [-0.05, 0) is 56.3 Å². The van der Waals surface area contributed by atoms with E-state index in [4.69, 9.17) is 4.74 Å². The zero-order valence-electron chi connectivity index (χ0n) is 14.7. The number of hydrogen-bond acceptors (Lipinski definition) is 3. The first kappa shape index (κ1) is 20.1. The molecule has 25 heavy (non-hydrogen) atoms. The molecule has 0 bridgehead atoms. The van der Waals surface area contributed by atoms with Gasteiger partial charge in [0.05, 0.1) is 6.10 Å². The van der Waals surface area contributed by atoms with E-state index in [1.807, 2.05) is 17.0 Å². The first-order valence-electron chi connectivity index (χ1n) is 8.94. The first-order chi connectivity index (χ1) is 11.7. The molecular weight excluding hydrogens is 343 g/mol. The summed E-state index contributed by atoms with van der Waals surface area (Å²) in [5.74, 6) is 0.513. The van der Waals surface area contributed by atoms with Crippen LogP contribution in [-0.4, -0.2) is 50.2 Å². The standard InChI is InChI=1S/C19H27FN2O2.ClH/c1-24-18-13-22(19(23)14-6-9-21-10-7-14)11-8-16(18)12-15-4-2-3-5-17(15)20;/h2-5,14,16,18,21H,6-13H2,1H3;1H/t16-,18-;/m1./s1. The average Bonchev–Trinajstić information content (AvgIpc) is 2.64. The predicted octanol–water partition coefficient (Wildman–Crippen LogP) is 2.65. The molecule has 1 aromatic carbocycles. The average molecular weight is 371 g/mol. The number of carbonyl (C=O) groups excluding carboxylic acids is 1. The van der Waals surface area contributed by atoms with Crippen LogP contribution in [0.2, 0.25) is 0 Å². The lowest BCUT2D eigenvalue weighted by Gasteiger charge is -2.40. The maximum absolute atomic E-state index is 13.9. The molecule has 140 valence electrons. The third-order valence-corrected chi connectivity index (χ3v) is 5.44. The Balaban J connectivity index is 0.00000225. The number of hydrogen-bond donors (Lipinski definition) is 1. The van der Waals surface area contributed by atoms with Crippen LogP contribution >= 0.6 is 12.4 Å². The van der Waals surface area contributed by atoms with Crippen LogP contribution < -0.4 is 5.32 Å². The number of halogens is 2. The maximum atomic E-state index is 13.9. The number of benzene rings is 1. The summed E-state index contributed by atoms with van der Waals surface area (Å²) in [6.45, 7) is 3.22. The summed E-state index contributed by atoms with van der Waals surface area (Å²) in [4.78, 5) is 14.7. The van der Waals surface area contributed by atoms with Crippen molar-refractivity contribution in [1.82, 2.24) is 10.2 Å². The van der Waals surface area contributed by atoms with Crippen molar-refractivity contribution in [2.75, 3.05) is 33.3 Å². The summed E-state index contributed by atoms with van der Waals surface area (Å²) in [7, 11) is 1.69. The van der Waals surface area contributed by atoms with Gasteiger partial charge in [-0.3, -0.25) is 4.79 Å². The van der Waals surface area contributed by atoms with Crippen LogP contribution in [0.5, 0.6) is 0 Å². The lowest BCUT2D eigenvalue weighted by atomic mass is 9.86. The van der Waals surface area contributed by atoms with Crippen LogP contribution in [0.25, 0.3) is 0 Å². The Kier molecular flexibility index (Phi) is 7.66. The Bertz CT molecular complexity index is 566. The number of amides is 1. The van der Waals surface area contributed by atoms with Crippen molar-refractivity contribution in [3.63, 3.8) is 0 Å². The Morgan fingerprint density at radius 3 is 2.68 bits per heavy atom. The quantitative estimate of drug-likeness (QED) is 0.885. The highest BCUT2D eigenvalue weighted by Crippen LogP contribution is 2.27. The van der Waals surface area contributed by atoms with Gasteiger partial charge in [0.2, 0.25) is 5.91 Å². The van der Waals surface area contributed by atoms with Gasteiger partial charge in [-0.15, -0.1) is 12.4 Å². The van der Waals surface area contributed by atoms with E-state index < -0.39 is 0 Å². The van der Waals surface area contributed by atoms with Crippen LogP contribution in [0.1, 0.15) is 24.8 Å². The Morgan fingerprint density at radius 2 is 2.00 bits per heavy atom. The number of rotatable bonds is 4. The fraction of sp³-hybridized carbons (Fsp3) is 0.632. The third-order valence-electron chi connectivity index (χ3n) is 5.44. The Hall–Kier alpha value is -1.17. The SMILES string of the molecule is CO[C@@H]1CN(C(=O)C2CCNCC2)CC[C@@H]1Cc1ccccc1F.Cl. The molecule has 4 nitrogen and oxygen atoms in total. The van der Waals surface area contributed by atoms with Crippen molar-refractivity contribution in [2.24, 2.45) is 11.8 Å².